The van der Waals surface area contributed by atoms with Crippen LogP contribution < -0.4 is 0 Å². The van der Waals surface area contributed by atoms with E-state index in [1.54, 1.807) is 6.07 Å². The first-order chi connectivity index (χ1) is 7.00. The van der Waals surface area contributed by atoms with Gasteiger partial charge >= 0.3 is 0 Å². The lowest BCUT2D eigenvalue weighted by atomic mass is 10.4. The van der Waals surface area contributed by atoms with Gasteiger partial charge < -0.3 is 4.74 Å². The minimum absolute atomic E-state index is 0.00355. The predicted octanol–water partition coefficient (Wildman–Crippen LogP) is 2.17. The van der Waals surface area contributed by atoms with Crippen LogP contribution in [0.15, 0.2) is 23.1 Å². The van der Waals surface area contributed by atoms with Crippen molar-refractivity contribution in [2.75, 3.05) is 12.4 Å². The molecule has 0 bridgehead atoms. The number of ether oxygens (including phenoxy) is 1. The van der Waals surface area contributed by atoms with Gasteiger partial charge in [-0.2, -0.15) is 0 Å². The van der Waals surface area contributed by atoms with E-state index >= 15 is 0 Å². The van der Waals surface area contributed by atoms with Crippen molar-refractivity contribution in [2.45, 2.75) is 11.0 Å². The zero-order chi connectivity index (χ0) is 11.1. The van der Waals surface area contributed by atoms with Gasteiger partial charge in [-0.15, -0.1) is 0 Å². The topological polar surface area (TPSA) is 46.7 Å². The summed E-state index contributed by atoms with van der Waals surface area (Å²) in [5.74, 6) is -0.0591. The SMILES string of the molecule is O=S(=O)(C[C@@H]1CO1)c1c(Cl)cccc1Cl. The van der Waals surface area contributed by atoms with Crippen molar-refractivity contribution >= 4 is 33.0 Å². The summed E-state index contributed by atoms with van der Waals surface area (Å²) in [7, 11) is -3.45. The Bertz CT molecular complexity index is 460. The summed E-state index contributed by atoms with van der Waals surface area (Å²) in [6.45, 7) is 0.487. The van der Waals surface area contributed by atoms with Crippen LogP contribution in [-0.2, 0) is 14.6 Å². The Morgan fingerprint density at radius 1 is 1.33 bits per heavy atom. The molecule has 2 rings (SSSR count). The average molecular weight is 267 g/mol. The summed E-state index contributed by atoms with van der Waals surface area (Å²) in [5.41, 5.74) is 0. The van der Waals surface area contributed by atoms with Crippen molar-refractivity contribution in [1.82, 2.24) is 0 Å². The largest absolute Gasteiger partial charge is 0.372 e. The van der Waals surface area contributed by atoms with Crippen LogP contribution in [0.2, 0.25) is 10.0 Å². The fourth-order valence-electron chi connectivity index (χ4n) is 1.27. The van der Waals surface area contributed by atoms with Gasteiger partial charge in [0.15, 0.2) is 9.84 Å². The summed E-state index contributed by atoms with van der Waals surface area (Å²) in [4.78, 5) is 0.00355. The number of hydrogen-bond acceptors (Lipinski definition) is 3. The maximum absolute atomic E-state index is 11.9. The van der Waals surface area contributed by atoms with Gasteiger partial charge in [0, 0.05) is 0 Å². The second-order valence-electron chi connectivity index (χ2n) is 3.29. The van der Waals surface area contributed by atoms with Gasteiger partial charge in [-0.3, -0.25) is 0 Å². The number of hydrogen-bond donors (Lipinski definition) is 0. The number of epoxide rings is 1. The Balaban J connectivity index is 2.42. The number of rotatable bonds is 3. The predicted molar refractivity (Wildman–Crippen MR) is 58.3 cm³/mol. The normalized spacial score (nSPS) is 20.3. The molecule has 0 amide bonds. The van der Waals surface area contributed by atoms with Gasteiger partial charge in [-0.05, 0) is 12.1 Å². The second-order valence-corrected chi connectivity index (χ2v) is 6.07. The molecule has 3 nitrogen and oxygen atoms in total. The van der Waals surface area contributed by atoms with E-state index in [0.717, 1.165) is 0 Å². The Morgan fingerprint density at radius 3 is 2.33 bits per heavy atom. The molecule has 6 heteroatoms. The summed E-state index contributed by atoms with van der Waals surface area (Å²) in [6, 6.07) is 4.62. The highest BCUT2D eigenvalue weighted by molar-refractivity contribution is 7.91. The molecule has 0 saturated carbocycles. The van der Waals surface area contributed by atoms with Crippen LogP contribution in [0, 0.1) is 0 Å². The van der Waals surface area contributed by atoms with Crippen molar-refractivity contribution in [3.63, 3.8) is 0 Å². The van der Waals surface area contributed by atoms with Gasteiger partial charge in [0.05, 0.1) is 28.5 Å². The highest BCUT2D eigenvalue weighted by Gasteiger charge is 2.32. The van der Waals surface area contributed by atoms with Crippen LogP contribution in [0.4, 0.5) is 0 Å². The van der Waals surface area contributed by atoms with Crippen molar-refractivity contribution in [3.05, 3.63) is 28.2 Å². The molecule has 1 heterocycles. The summed E-state index contributed by atoms with van der Waals surface area (Å²) >= 11 is 11.6. The summed E-state index contributed by atoms with van der Waals surface area (Å²) in [6.07, 6.45) is -0.206. The summed E-state index contributed by atoms with van der Waals surface area (Å²) < 4.78 is 28.6. The number of benzene rings is 1. The molecule has 1 fully saturated rings. The van der Waals surface area contributed by atoms with E-state index in [9.17, 15) is 8.42 Å². The molecule has 82 valence electrons. The lowest BCUT2D eigenvalue weighted by Gasteiger charge is -2.06. The highest BCUT2D eigenvalue weighted by atomic mass is 35.5. The standard InChI is InChI=1S/C9H8Cl2O3S/c10-7-2-1-3-8(11)9(7)15(12,13)5-6-4-14-6/h1-3,6H,4-5H2/t6-/m0/s1. The van der Waals surface area contributed by atoms with E-state index in [1.807, 2.05) is 0 Å². The van der Waals surface area contributed by atoms with Crippen LogP contribution in [-0.4, -0.2) is 26.9 Å². The fraction of sp³-hybridized carbons (Fsp3) is 0.333. The molecule has 1 aliphatic rings. The lowest BCUT2D eigenvalue weighted by Crippen LogP contribution is -2.12. The first kappa shape index (κ1) is 11.2. The van der Waals surface area contributed by atoms with Gasteiger partial charge in [0.1, 0.15) is 4.90 Å². The Kier molecular flexibility index (Phi) is 2.94. The first-order valence-electron chi connectivity index (χ1n) is 4.29. The molecular weight excluding hydrogens is 259 g/mol. The molecule has 1 aromatic rings. The van der Waals surface area contributed by atoms with Gasteiger partial charge in [0.25, 0.3) is 0 Å². The Morgan fingerprint density at radius 2 is 1.87 bits per heavy atom. The molecule has 0 spiro atoms. The highest BCUT2D eigenvalue weighted by Crippen LogP contribution is 2.31. The van der Waals surface area contributed by atoms with Gasteiger partial charge in [-0.25, -0.2) is 8.42 Å². The zero-order valence-electron chi connectivity index (χ0n) is 7.61. The molecule has 0 N–H and O–H groups in total. The smallest absolute Gasteiger partial charge is 0.183 e. The maximum Gasteiger partial charge on any atom is 0.183 e. The average Bonchev–Trinajstić information content (AvgIpc) is 2.86. The zero-order valence-corrected chi connectivity index (χ0v) is 9.94. The van der Waals surface area contributed by atoms with Gasteiger partial charge in [0.2, 0.25) is 0 Å². The quantitative estimate of drug-likeness (QED) is 0.788. The molecule has 1 aromatic carbocycles. The molecule has 15 heavy (non-hydrogen) atoms. The van der Waals surface area contributed by atoms with E-state index in [4.69, 9.17) is 27.9 Å². The maximum atomic E-state index is 11.9. The molecule has 0 aliphatic carbocycles. The second kappa shape index (κ2) is 3.94. The monoisotopic (exact) mass is 266 g/mol. The van der Waals surface area contributed by atoms with Crippen LogP contribution in [0.5, 0.6) is 0 Å². The molecule has 0 unspecified atom stereocenters. The van der Waals surface area contributed by atoms with Crippen molar-refractivity contribution < 1.29 is 13.2 Å². The fourth-order valence-corrected chi connectivity index (χ4v) is 3.95. The first-order valence-corrected chi connectivity index (χ1v) is 6.70. The number of sulfone groups is 1. The third-order valence-electron chi connectivity index (χ3n) is 2.04. The lowest BCUT2D eigenvalue weighted by molar-refractivity contribution is 0.422. The van der Waals surface area contributed by atoms with Crippen molar-refractivity contribution in [3.8, 4) is 0 Å². The van der Waals surface area contributed by atoms with E-state index in [1.165, 1.54) is 12.1 Å². The minimum atomic E-state index is -3.45. The van der Waals surface area contributed by atoms with Crippen LogP contribution >= 0.6 is 23.2 Å². The van der Waals surface area contributed by atoms with Gasteiger partial charge in [-0.1, -0.05) is 29.3 Å². The molecule has 1 aliphatic heterocycles. The van der Waals surface area contributed by atoms with E-state index < -0.39 is 9.84 Å². The third kappa shape index (κ3) is 2.45. The Labute approximate surface area is 97.9 Å². The molecule has 1 atom stereocenters. The van der Waals surface area contributed by atoms with Crippen LogP contribution in [0.25, 0.3) is 0 Å². The van der Waals surface area contributed by atoms with Crippen LogP contribution in [0.3, 0.4) is 0 Å². The third-order valence-corrected chi connectivity index (χ3v) is 4.76. The molecular formula is C9H8Cl2O3S. The molecule has 0 aromatic heterocycles. The Hall–Kier alpha value is -0.290. The van der Waals surface area contributed by atoms with Crippen LogP contribution in [0.1, 0.15) is 0 Å². The minimum Gasteiger partial charge on any atom is -0.372 e. The van der Waals surface area contributed by atoms with E-state index in [2.05, 4.69) is 0 Å². The molecule has 0 radical (unpaired) electrons. The van der Waals surface area contributed by atoms with Crippen molar-refractivity contribution in [1.29, 1.82) is 0 Å². The molecule has 1 saturated heterocycles. The van der Waals surface area contributed by atoms with E-state index in [-0.39, 0.29) is 26.8 Å². The number of halogens is 2. The summed E-state index contributed by atoms with van der Waals surface area (Å²) in [5, 5.41) is 0.311. The van der Waals surface area contributed by atoms with E-state index in [0.29, 0.717) is 6.61 Å². The van der Waals surface area contributed by atoms with Crippen molar-refractivity contribution in [2.24, 2.45) is 0 Å².